The van der Waals surface area contributed by atoms with Crippen molar-refractivity contribution in [3.63, 3.8) is 0 Å². The third kappa shape index (κ3) is 2.69. The summed E-state index contributed by atoms with van der Waals surface area (Å²) in [6, 6.07) is 10.1. The van der Waals surface area contributed by atoms with E-state index in [1.54, 1.807) is 31.3 Å². The number of rotatable bonds is 2. The van der Waals surface area contributed by atoms with Crippen LogP contribution in [0.5, 0.6) is 5.75 Å². The Morgan fingerprint density at radius 1 is 1.37 bits per heavy atom. The van der Waals surface area contributed by atoms with Gasteiger partial charge in [0.2, 0.25) is 0 Å². The molecule has 0 fully saturated rings. The van der Waals surface area contributed by atoms with Crippen molar-refractivity contribution in [1.29, 1.82) is 5.26 Å². The molecule has 0 unspecified atom stereocenters. The molecule has 94 valence electrons. The van der Waals surface area contributed by atoms with Crippen LogP contribution in [-0.2, 0) is 0 Å². The Kier molecular flexibility index (Phi) is 3.44. The fourth-order valence-electron chi connectivity index (χ4n) is 1.64. The summed E-state index contributed by atoms with van der Waals surface area (Å²) >= 11 is 0. The maximum Gasteiger partial charge on any atom is 0.259 e. The predicted molar refractivity (Wildman–Crippen MR) is 69.8 cm³/mol. The molecule has 5 nitrogen and oxygen atoms in total. The van der Waals surface area contributed by atoms with E-state index < -0.39 is 0 Å². The molecule has 0 saturated carbocycles. The minimum absolute atomic E-state index is 0.0648. The van der Waals surface area contributed by atoms with E-state index in [-0.39, 0.29) is 17.2 Å². The van der Waals surface area contributed by atoms with Crippen molar-refractivity contribution in [2.45, 2.75) is 0 Å². The molecule has 19 heavy (non-hydrogen) atoms. The zero-order chi connectivity index (χ0) is 13.8. The van der Waals surface area contributed by atoms with Crippen molar-refractivity contribution in [3.05, 3.63) is 53.9 Å². The molecule has 0 saturated heterocycles. The summed E-state index contributed by atoms with van der Waals surface area (Å²) in [5, 5.41) is 18.2. The fraction of sp³-hybridized carbons (Fsp3) is 0.0714. The van der Waals surface area contributed by atoms with Gasteiger partial charge in [-0.2, -0.15) is 5.26 Å². The molecule has 0 aliphatic rings. The SMILES string of the molecule is CN(C(=O)c1cncc(O)c1)c1cccc(C#N)c1. The van der Waals surface area contributed by atoms with Crippen LogP contribution in [0.4, 0.5) is 5.69 Å². The van der Waals surface area contributed by atoms with Gasteiger partial charge >= 0.3 is 0 Å². The lowest BCUT2D eigenvalue weighted by atomic mass is 10.2. The van der Waals surface area contributed by atoms with Gasteiger partial charge in [0.05, 0.1) is 23.4 Å². The first-order chi connectivity index (χ1) is 9.11. The van der Waals surface area contributed by atoms with Crippen LogP contribution in [0, 0.1) is 11.3 Å². The maximum absolute atomic E-state index is 12.2. The molecule has 1 aromatic carbocycles. The molecular formula is C14H11N3O2. The molecule has 5 heteroatoms. The lowest BCUT2D eigenvalue weighted by Gasteiger charge is -2.17. The van der Waals surface area contributed by atoms with Gasteiger partial charge in [-0.05, 0) is 24.3 Å². The van der Waals surface area contributed by atoms with Crippen LogP contribution in [-0.4, -0.2) is 23.0 Å². The Morgan fingerprint density at radius 2 is 2.16 bits per heavy atom. The van der Waals surface area contributed by atoms with Crippen molar-refractivity contribution in [2.24, 2.45) is 0 Å². The average Bonchev–Trinajstić information content (AvgIpc) is 2.45. The van der Waals surface area contributed by atoms with Crippen LogP contribution >= 0.6 is 0 Å². The number of pyridine rings is 1. The number of nitriles is 1. The molecular weight excluding hydrogens is 242 g/mol. The molecule has 0 spiro atoms. The number of anilines is 1. The second kappa shape index (κ2) is 5.19. The second-order valence-corrected chi connectivity index (χ2v) is 3.96. The van der Waals surface area contributed by atoms with Crippen molar-refractivity contribution < 1.29 is 9.90 Å². The summed E-state index contributed by atoms with van der Waals surface area (Å²) in [5.41, 5.74) is 1.36. The number of benzene rings is 1. The van der Waals surface area contributed by atoms with Crippen molar-refractivity contribution in [2.75, 3.05) is 11.9 Å². The smallest absolute Gasteiger partial charge is 0.259 e. The Balaban J connectivity index is 2.31. The van der Waals surface area contributed by atoms with Gasteiger partial charge in [0, 0.05) is 18.9 Å². The first-order valence-electron chi connectivity index (χ1n) is 5.54. The Labute approximate surface area is 110 Å². The molecule has 2 rings (SSSR count). The molecule has 0 bridgehead atoms. The predicted octanol–water partition coefficient (Wildman–Crippen LogP) is 1.94. The van der Waals surface area contributed by atoms with E-state index in [1.807, 2.05) is 6.07 Å². The Morgan fingerprint density at radius 3 is 2.84 bits per heavy atom. The third-order valence-electron chi connectivity index (χ3n) is 2.64. The molecule has 0 aliphatic carbocycles. The van der Waals surface area contributed by atoms with E-state index in [0.29, 0.717) is 11.3 Å². The van der Waals surface area contributed by atoms with Crippen LogP contribution in [0.2, 0.25) is 0 Å². The quantitative estimate of drug-likeness (QED) is 0.887. The van der Waals surface area contributed by atoms with Gasteiger partial charge in [-0.25, -0.2) is 0 Å². The summed E-state index contributed by atoms with van der Waals surface area (Å²) < 4.78 is 0. The van der Waals surface area contributed by atoms with E-state index in [4.69, 9.17) is 5.26 Å². The fourth-order valence-corrected chi connectivity index (χ4v) is 1.64. The summed E-state index contributed by atoms with van der Waals surface area (Å²) in [6.07, 6.45) is 2.64. The zero-order valence-electron chi connectivity index (χ0n) is 10.2. The summed E-state index contributed by atoms with van der Waals surface area (Å²) in [7, 11) is 1.60. The standard InChI is InChI=1S/C14H11N3O2/c1-17(12-4-2-3-10(5-12)7-15)14(19)11-6-13(18)9-16-8-11/h2-6,8-9,18H,1H3. The number of carbonyl (C=O) groups is 1. The van der Waals surface area contributed by atoms with Crippen LogP contribution < -0.4 is 4.90 Å². The number of aromatic nitrogens is 1. The average molecular weight is 253 g/mol. The first-order valence-corrected chi connectivity index (χ1v) is 5.54. The van der Waals surface area contributed by atoms with Crippen LogP contribution in [0.25, 0.3) is 0 Å². The highest BCUT2D eigenvalue weighted by Crippen LogP contribution is 2.18. The van der Waals surface area contributed by atoms with Gasteiger partial charge in [-0.15, -0.1) is 0 Å². The normalized spacial score (nSPS) is 9.68. The van der Waals surface area contributed by atoms with Crippen LogP contribution in [0.1, 0.15) is 15.9 Å². The number of hydrogen-bond donors (Lipinski definition) is 1. The highest BCUT2D eigenvalue weighted by Gasteiger charge is 2.14. The largest absolute Gasteiger partial charge is 0.506 e. The minimum Gasteiger partial charge on any atom is -0.506 e. The van der Waals surface area contributed by atoms with Crippen molar-refractivity contribution in [1.82, 2.24) is 4.98 Å². The van der Waals surface area contributed by atoms with E-state index >= 15 is 0 Å². The highest BCUT2D eigenvalue weighted by molar-refractivity contribution is 6.05. The molecule has 0 aliphatic heterocycles. The van der Waals surface area contributed by atoms with Gasteiger partial charge in [0.15, 0.2) is 0 Å². The molecule has 0 atom stereocenters. The van der Waals surface area contributed by atoms with E-state index in [0.717, 1.165) is 0 Å². The highest BCUT2D eigenvalue weighted by atomic mass is 16.3. The Hall–Kier alpha value is -2.87. The number of carbonyl (C=O) groups excluding carboxylic acids is 1. The van der Waals surface area contributed by atoms with Gasteiger partial charge in [-0.1, -0.05) is 6.07 Å². The maximum atomic E-state index is 12.2. The zero-order valence-corrected chi connectivity index (χ0v) is 10.2. The third-order valence-corrected chi connectivity index (χ3v) is 2.64. The lowest BCUT2D eigenvalue weighted by Crippen LogP contribution is -2.26. The Bertz CT molecular complexity index is 662. The monoisotopic (exact) mass is 253 g/mol. The van der Waals surface area contributed by atoms with E-state index in [2.05, 4.69) is 4.98 Å². The minimum atomic E-state index is -0.307. The van der Waals surface area contributed by atoms with Crippen molar-refractivity contribution >= 4 is 11.6 Å². The molecule has 1 heterocycles. The molecule has 2 aromatic rings. The van der Waals surface area contributed by atoms with Gasteiger partial charge in [-0.3, -0.25) is 9.78 Å². The number of aromatic hydroxyl groups is 1. The van der Waals surface area contributed by atoms with Crippen LogP contribution in [0.3, 0.4) is 0 Å². The summed E-state index contributed by atoms with van der Waals surface area (Å²) in [5.74, 6) is -0.372. The molecule has 1 aromatic heterocycles. The second-order valence-electron chi connectivity index (χ2n) is 3.96. The van der Waals surface area contributed by atoms with Crippen LogP contribution in [0.15, 0.2) is 42.7 Å². The number of nitrogens with zero attached hydrogens (tertiary/aromatic N) is 3. The number of hydrogen-bond acceptors (Lipinski definition) is 4. The van der Waals surface area contributed by atoms with Gasteiger partial charge < -0.3 is 10.0 Å². The molecule has 1 amide bonds. The van der Waals surface area contributed by atoms with Gasteiger partial charge in [0.25, 0.3) is 5.91 Å². The van der Waals surface area contributed by atoms with Crippen molar-refractivity contribution in [3.8, 4) is 11.8 Å². The lowest BCUT2D eigenvalue weighted by molar-refractivity contribution is 0.0992. The molecule has 1 N–H and O–H groups in total. The molecule has 0 radical (unpaired) electrons. The summed E-state index contributed by atoms with van der Waals surface area (Å²) in [6.45, 7) is 0. The first kappa shape index (κ1) is 12.6. The van der Waals surface area contributed by atoms with E-state index in [9.17, 15) is 9.90 Å². The topological polar surface area (TPSA) is 77.2 Å². The van der Waals surface area contributed by atoms with Gasteiger partial charge in [0.1, 0.15) is 5.75 Å². The van der Waals surface area contributed by atoms with E-state index in [1.165, 1.54) is 23.4 Å². The summed E-state index contributed by atoms with van der Waals surface area (Å²) in [4.78, 5) is 17.4. The number of amides is 1.